The van der Waals surface area contributed by atoms with Crippen LogP contribution in [-0.2, 0) is 16.6 Å². The zero-order chi connectivity index (χ0) is 20.1. The lowest BCUT2D eigenvalue weighted by Crippen LogP contribution is -2.30. The second-order valence-corrected chi connectivity index (χ2v) is 8.31. The predicted molar refractivity (Wildman–Crippen MR) is 111 cm³/mol. The summed E-state index contributed by atoms with van der Waals surface area (Å²) in [7, 11) is -0.681. The van der Waals surface area contributed by atoms with Gasteiger partial charge in [-0.1, -0.05) is 23.7 Å². The first-order chi connectivity index (χ1) is 13.4. The van der Waals surface area contributed by atoms with E-state index in [1.807, 2.05) is 12.1 Å². The standard InChI is InChI=1S/C21H20ClNO4S/c1-26-19-9-3-16(4-10-19)15-23(18-7-5-17(22)6-8-18)28(24,25)21-13-11-20(27-2)12-14-21/h3-14H,15H2,1-2H3. The van der Waals surface area contributed by atoms with Crippen molar-refractivity contribution in [3.63, 3.8) is 0 Å². The molecule has 0 saturated carbocycles. The Morgan fingerprint density at radius 2 is 1.29 bits per heavy atom. The Labute approximate surface area is 170 Å². The van der Waals surface area contributed by atoms with E-state index < -0.39 is 10.0 Å². The summed E-state index contributed by atoms with van der Waals surface area (Å²) < 4.78 is 38.4. The summed E-state index contributed by atoms with van der Waals surface area (Å²) in [6.07, 6.45) is 0. The van der Waals surface area contributed by atoms with Gasteiger partial charge in [0.05, 0.1) is 31.3 Å². The highest BCUT2D eigenvalue weighted by molar-refractivity contribution is 7.92. The molecule has 7 heteroatoms. The number of benzene rings is 3. The van der Waals surface area contributed by atoms with Crippen molar-refractivity contribution in [3.8, 4) is 11.5 Å². The fourth-order valence-electron chi connectivity index (χ4n) is 2.69. The minimum atomic E-state index is -3.80. The molecule has 0 radical (unpaired) electrons. The Bertz CT molecular complexity index is 1020. The van der Waals surface area contributed by atoms with E-state index in [1.165, 1.54) is 23.5 Å². The average molecular weight is 418 g/mol. The molecule has 0 bridgehead atoms. The largest absolute Gasteiger partial charge is 0.497 e. The van der Waals surface area contributed by atoms with Crippen molar-refractivity contribution in [3.05, 3.63) is 83.4 Å². The number of methoxy groups -OCH3 is 2. The molecule has 146 valence electrons. The van der Waals surface area contributed by atoms with Crippen LogP contribution in [0.4, 0.5) is 5.69 Å². The van der Waals surface area contributed by atoms with Crippen molar-refractivity contribution in [1.29, 1.82) is 0 Å². The summed E-state index contributed by atoms with van der Waals surface area (Å²) in [6.45, 7) is 0.167. The molecule has 0 aliphatic rings. The molecule has 0 unspecified atom stereocenters. The molecule has 3 aromatic rings. The smallest absolute Gasteiger partial charge is 0.264 e. The Balaban J connectivity index is 2.01. The van der Waals surface area contributed by atoms with Crippen LogP contribution in [0.15, 0.2) is 77.7 Å². The van der Waals surface area contributed by atoms with Gasteiger partial charge in [0, 0.05) is 5.02 Å². The molecule has 5 nitrogen and oxygen atoms in total. The SMILES string of the molecule is COc1ccc(CN(c2ccc(Cl)cc2)S(=O)(=O)c2ccc(OC)cc2)cc1. The van der Waals surface area contributed by atoms with Crippen LogP contribution >= 0.6 is 11.6 Å². The van der Waals surface area contributed by atoms with E-state index in [1.54, 1.807) is 55.6 Å². The van der Waals surface area contributed by atoms with Gasteiger partial charge in [-0.05, 0) is 66.2 Å². The summed E-state index contributed by atoms with van der Waals surface area (Å²) in [5, 5.41) is 0.537. The normalized spacial score (nSPS) is 11.1. The van der Waals surface area contributed by atoms with Gasteiger partial charge in [0.1, 0.15) is 11.5 Å². The summed E-state index contributed by atoms with van der Waals surface area (Å²) in [5.74, 6) is 1.30. The summed E-state index contributed by atoms with van der Waals surface area (Å²) in [4.78, 5) is 0.178. The zero-order valence-corrected chi connectivity index (χ0v) is 17.1. The van der Waals surface area contributed by atoms with Gasteiger partial charge in [0.15, 0.2) is 0 Å². The molecule has 0 N–H and O–H groups in total. The highest BCUT2D eigenvalue weighted by atomic mass is 35.5. The Hall–Kier alpha value is -2.70. The maximum absolute atomic E-state index is 13.4. The Morgan fingerprint density at radius 3 is 1.79 bits per heavy atom. The first-order valence-electron chi connectivity index (χ1n) is 8.49. The highest BCUT2D eigenvalue weighted by Gasteiger charge is 2.25. The van der Waals surface area contributed by atoms with Crippen LogP contribution in [0.25, 0.3) is 0 Å². The maximum Gasteiger partial charge on any atom is 0.264 e. The van der Waals surface area contributed by atoms with Gasteiger partial charge in [0.2, 0.25) is 0 Å². The minimum absolute atomic E-state index is 0.167. The monoisotopic (exact) mass is 417 g/mol. The molecule has 0 aliphatic carbocycles. The average Bonchev–Trinajstić information content (AvgIpc) is 2.73. The number of hydrogen-bond acceptors (Lipinski definition) is 4. The number of halogens is 1. The fourth-order valence-corrected chi connectivity index (χ4v) is 4.27. The van der Waals surface area contributed by atoms with Gasteiger partial charge in [0.25, 0.3) is 10.0 Å². The minimum Gasteiger partial charge on any atom is -0.497 e. The van der Waals surface area contributed by atoms with Crippen molar-refractivity contribution < 1.29 is 17.9 Å². The van der Waals surface area contributed by atoms with Crippen LogP contribution in [0.3, 0.4) is 0 Å². The summed E-state index contributed by atoms with van der Waals surface area (Å²) >= 11 is 5.98. The number of sulfonamides is 1. The summed E-state index contributed by atoms with van der Waals surface area (Å²) in [5.41, 5.74) is 1.35. The summed E-state index contributed by atoms with van der Waals surface area (Å²) in [6, 6.07) is 20.3. The van der Waals surface area contributed by atoms with Crippen LogP contribution in [-0.4, -0.2) is 22.6 Å². The van der Waals surface area contributed by atoms with Gasteiger partial charge in [-0.15, -0.1) is 0 Å². The van der Waals surface area contributed by atoms with Crippen LogP contribution in [0.1, 0.15) is 5.56 Å². The third kappa shape index (κ3) is 4.40. The van der Waals surface area contributed by atoms with E-state index in [-0.39, 0.29) is 11.4 Å². The Kier molecular flexibility index (Phi) is 6.11. The van der Waals surface area contributed by atoms with Crippen molar-refractivity contribution in [2.75, 3.05) is 18.5 Å². The Morgan fingerprint density at radius 1 is 0.786 bits per heavy atom. The van der Waals surface area contributed by atoms with Gasteiger partial charge >= 0.3 is 0 Å². The second-order valence-electron chi connectivity index (χ2n) is 6.01. The lowest BCUT2D eigenvalue weighted by atomic mass is 10.2. The van der Waals surface area contributed by atoms with E-state index in [9.17, 15) is 8.42 Å². The van der Waals surface area contributed by atoms with Crippen molar-refractivity contribution in [2.24, 2.45) is 0 Å². The first kappa shape index (κ1) is 20.0. The van der Waals surface area contributed by atoms with Gasteiger partial charge in [-0.3, -0.25) is 4.31 Å². The molecular formula is C21H20ClNO4S. The van der Waals surface area contributed by atoms with Crippen LogP contribution in [0.5, 0.6) is 11.5 Å². The van der Waals surface area contributed by atoms with Crippen LogP contribution in [0, 0.1) is 0 Å². The number of rotatable bonds is 7. The van der Waals surface area contributed by atoms with Crippen molar-refractivity contribution >= 4 is 27.3 Å². The molecule has 0 aromatic heterocycles. The van der Waals surface area contributed by atoms with Crippen LogP contribution in [0.2, 0.25) is 5.02 Å². The highest BCUT2D eigenvalue weighted by Crippen LogP contribution is 2.28. The molecule has 3 rings (SSSR count). The topological polar surface area (TPSA) is 55.8 Å². The van der Waals surface area contributed by atoms with Gasteiger partial charge in [-0.25, -0.2) is 8.42 Å². The molecule has 0 atom stereocenters. The second kappa shape index (κ2) is 8.54. The molecule has 3 aromatic carbocycles. The van der Waals surface area contributed by atoms with E-state index in [2.05, 4.69) is 0 Å². The third-order valence-corrected chi connectivity index (χ3v) is 6.29. The zero-order valence-electron chi connectivity index (χ0n) is 15.5. The molecular weight excluding hydrogens is 398 g/mol. The lowest BCUT2D eigenvalue weighted by Gasteiger charge is -2.25. The molecule has 0 spiro atoms. The predicted octanol–water partition coefficient (Wildman–Crippen LogP) is 4.75. The van der Waals surface area contributed by atoms with E-state index in [4.69, 9.17) is 21.1 Å². The molecule has 0 saturated heterocycles. The van der Waals surface area contributed by atoms with E-state index in [0.717, 1.165) is 5.56 Å². The quantitative estimate of drug-likeness (QED) is 0.556. The number of hydrogen-bond donors (Lipinski definition) is 0. The lowest BCUT2D eigenvalue weighted by molar-refractivity contribution is 0.414. The molecule has 0 aliphatic heterocycles. The number of nitrogens with zero attached hydrogens (tertiary/aromatic N) is 1. The van der Waals surface area contributed by atoms with E-state index >= 15 is 0 Å². The molecule has 0 heterocycles. The third-order valence-electron chi connectivity index (χ3n) is 4.25. The van der Waals surface area contributed by atoms with Crippen LogP contribution < -0.4 is 13.8 Å². The first-order valence-corrected chi connectivity index (χ1v) is 10.3. The molecule has 0 fully saturated rings. The maximum atomic E-state index is 13.4. The fraction of sp³-hybridized carbons (Fsp3) is 0.143. The van der Waals surface area contributed by atoms with E-state index in [0.29, 0.717) is 22.2 Å². The number of ether oxygens (including phenoxy) is 2. The van der Waals surface area contributed by atoms with Crippen molar-refractivity contribution in [1.82, 2.24) is 0 Å². The van der Waals surface area contributed by atoms with Gasteiger partial charge in [-0.2, -0.15) is 0 Å². The molecule has 28 heavy (non-hydrogen) atoms. The number of anilines is 1. The molecule has 0 amide bonds. The van der Waals surface area contributed by atoms with Crippen molar-refractivity contribution in [2.45, 2.75) is 11.4 Å². The van der Waals surface area contributed by atoms with Gasteiger partial charge < -0.3 is 9.47 Å².